The molecule has 27 heavy (non-hydrogen) atoms. The molecule has 140 valence electrons. The van der Waals surface area contributed by atoms with E-state index in [2.05, 4.69) is 15.3 Å². The van der Waals surface area contributed by atoms with Gasteiger partial charge in [-0.1, -0.05) is 17.8 Å². The minimum absolute atomic E-state index is 0.133. The molecule has 3 heterocycles. The molecule has 1 aliphatic rings. The summed E-state index contributed by atoms with van der Waals surface area (Å²) in [4.78, 5) is 46.0. The molecule has 0 saturated carbocycles. The smallest absolute Gasteiger partial charge is 0.293 e. The molecule has 0 aromatic carbocycles. The molecule has 3 rings (SSSR count). The molecular weight excluding hydrogens is 386 g/mol. The van der Waals surface area contributed by atoms with E-state index in [4.69, 9.17) is 0 Å². The van der Waals surface area contributed by atoms with Crippen LogP contribution < -0.4 is 5.32 Å². The van der Waals surface area contributed by atoms with Gasteiger partial charge in [-0.15, -0.1) is 0 Å². The summed E-state index contributed by atoms with van der Waals surface area (Å²) in [7, 11) is 1.85. The van der Waals surface area contributed by atoms with Crippen LogP contribution in [0.4, 0.5) is 4.79 Å². The second-order valence-corrected chi connectivity index (χ2v) is 7.51. The van der Waals surface area contributed by atoms with Crippen LogP contribution in [0.15, 0.2) is 47.0 Å². The SMILES string of the molecule is Cn1ccnc1SCC(=O)NCCN1C(=O)SC(=Cc2cccnc2)C1=O. The fraction of sp³-hybridized carbons (Fsp3) is 0.235. The Kier molecular flexibility index (Phi) is 6.30. The number of imidazole rings is 1. The second kappa shape index (κ2) is 8.87. The van der Waals surface area contributed by atoms with Crippen molar-refractivity contribution in [3.05, 3.63) is 47.4 Å². The van der Waals surface area contributed by atoms with Gasteiger partial charge in [-0.25, -0.2) is 4.98 Å². The molecule has 10 heteroatoms. The zero-order valence-electron chi connectivity index (χ0n) is 14.5. The van der Waals surface area contributed by atoms with Gasteiger partial charge in [0.2, 0.25) is 5.91 Å². The number of rotatable bonds is 7. The molecule has 0 radical (unpaired) electrons. The number of imide groups is 1. The van der Waals surface area contributed by atoms with Gasteiger partial charge in [-0.2, -0.15) is 0 Å². The summed E-state index contributed by atoms with van der Waals surface area (Å²) >= 11 is 2.21. The van der Waals surface area contributed by atoms with E-state index in [1.807, 2.05) is 11.6 Å². The quantitative estimate of drug-likeness (QED) is 0.556. The molecule has 1 aliphatic heterocycles. The van der Waals surface area contributed by atoms with E-state index >= 15 is 0 Å². The number of nitrogens with one attached hydrogen (secondary N) is 1. The van der Waals surface area contributed by atoms with Gasteiger partial charge in [0.25, 0.3) is 11.1 Å². The predicted octanol–water partition coefficient (Wildman–Crippen LogP) is 1.76. The third kappa shape index (κ3) is 4.98. The lowest BCUT2D eigenvalue weighted by atomic mass is 10.2. The number of aryl methyl sites for hydroxylation is 1. The maximum absolute atomic E-state index is 12.4. The number of pyridine rings is 1. The van der Waals surface area contributed by atoms with Crippen molar-refractivity contribution in [1.82, 2.24) is 24.8 Å². The number of nitrogens with zero attached hydrogens (tertiary/aromatic N) is 4. The van der Waals surface area contributed by atoms with E-state index in [9.17, 15) is 14.4 Å². The molecule has 1 saturated heterocycles. The van der Waals surface area contributed by atoms with Crippen LogP contribution in [0, 0.1) is 0 Å². The molecule has 0 atom stereocenters. The largest absolute Gasteiger partial charge is 0.354 e. The average Bonchev–Trinajstić information content (AvgIpc) is 3.18. The number of carbonyl (C=O) groups is 3. The lowest BCUT2D eigenvalue weighted by Crippen LogP contribution is -2.37. The number of hydrogen-bond donors (Lipinski definition) is 1. The van der Waals surface area contributed by atoms with Gasteiger partial charge in [0.05, 0.1) is 10.7 Å². The van der Waals surface area contributed by atoms with Gasteiger partial charge >= 0.3 is 0 Å². The average molecular weight is 403 g/mol. The first-order valence-electron chi connectivity index (χ1n) is 8.07. The summed E-state index contributed by atoms with van der Waals surface area (Å²) < 4.78 is 1.83. The van der Waals surface area contributed by atoms with Crippen LogP contribution in [0.2, 0.25) is 0 Å². The summed E-state index contributed by atoms with van der Waals surface area (Å²) in [5, 5.41) is 3.12. The highest BCUT2D eigenvalue weighted by Gasteiger charge is 2.34. The van der Waals surface area contributed by atoms with E-state index in [1.165, 1.54) is 11.8 Å². The number of carbonyl (C=O) groups excluding carboxylic acids is 3. The Morgan fingerprint density at radius 3 is 2.93 bits per heavy atom. The van der Waals surface area contributed by atoms with Crippen LogP contribution in [0.1, 0.15) is 5.56 Å². The zero-order chi connectivity index (χ0) is 19.2. The molecule has 3 amide bonds. The van der Waals surface area contributed by atoms with Gasteiger partial charge in [0.15, 0.2) is 5.16 Å². The summed E-state index contributed by atoms with van der Waals surface area (Å²) in [5.41, 5.74) is 0.752. The van der Waals surface area contributed by atoms with Crippen LogP contribution >= 0.6 is 23.5 Å². The predicted molar refractivity (Wildman–Crippen MR) is 104 cm³/mol. The van der Waals surface area contributed by atoms with Crippen LogP contribution in [-0.4, -0.2) is 55.3 Å². The highest BCUT2D eigenvalue weighted by molar-refractivity contribution is 8.18. The van der Waals surface area contributed by atoms with Crippen molar-refractivity contribution < 1.29 is 14.4 Å². The van der Waals surface area contributed by atoms with Gasteiger partial charge < -0.3 is 9.88 Å². The molecule has 8 nitrogen and oxygen atoms in total. The fourth-order valence-corrected chi connectivity index (χ4v) is 3.91. The highest BCUT2D eigenvalue weighted by Crippen LogP contribution is 2.31. The van der Waals surface area contributed by atoms with Crippen LogP contribution in [0.3, 0.4) is 0 Å². The van der Waals surface area contributed by atoms with Crippen LogP contribution in [0.5, 0.6) is 0 Å². The summed E-state index contributed by atoms with van der Waals surface area (Å²) in [6.45, 7) is 0.339. The first-order chi connectivity index (χ1) is 13.0. The van der Waals surface area contributed by atoms with Crippen molar-refractivity contribution in [3.63, 3.8) is 0 Å². The van der Waals surface area contributed by atoms with E-state index in [-0.39, 0.29) is 35.9 Å². The van der Waals surface area contributed by atoms with E-state index < -0.39 is 0 Å². The lowest BCUT2D eigenvalue weighted by Gasteiger charge is -2.12. The molecule has 2 aromatic rings. The first-order valence-corrected chi connectivity index (χ1v) is 9.87. The highest BCUT2D eigenvalue weighted by atomic mass is 32.2. The first kappa shape index (κ1) is 19.2. The zero-order valence-corrected chi connectivity index (χ0v) is 16.1. The Labute approximate surface area is 164 Å². The van der Waals surface area contributed by atoms with Gasteiger partial charge in [0.1, 0.15) is 0 Å². The molecule has 1 N–H and O–H groups in total. The third-order valence-corrected chi connectivity index (χ3v) is 5.59. The molecule has 1 fully saturated rings. The number of aromatic nitrogens is 3. The maximum Gasteiger partial charge on any atom is 0.293 e. The summed E-state index contributed by atoms with van der Waals surface area (Å²) in [6.07, 6.45) is 8.36. The van der Waals surface area contributed by atoms with E-state index in [1.54, 1.807) is 43.0 Å². The molecular formula is C17H17N5O3S2. The van der Waals surface area contributed by atoms with Gasteiger partial charge in [-0.05, 0) is 29.5 Å². The summed E-state index contributed by atoms with van der Waals surface area (Å²) in [5.74, 6) is -0.320. The van der Waals surface area contributed by atoms with Gasteiger partial charge in [-0.3, -0.25) is 24.3 Å². The van der Waals surface area contributed by atoms with Crippen molar-refractivity contribution >= 4 is 46.7 Å². The number of amides is 3. The third-order valence-electron chi connectivity index (χ3n) is 3.62. The van der Waals surface area contributed by atoms with Crippen molar-refractivity contribution in [1.29, 1.82) is 0 Å². The lowest BCUT2D eigenvalue weighted by molar-refractivity contribution is -0.123. The minimum atomic E-state index is -0.356. The topological polar surface area (TPSA) is 97.2 Å². The molecule has 0 spiro atoms. The van der Waals surface area contributed by atoms with Crippen molar-refractivity contribution in [2.24, 2.45) is 7.05 Å². The molecule has 0 bridgehead atoms. The number of hydrogen-bond acceptors (Lipinski definition) is 7. The molecule has 2 aromatic heterocycles. The van der Waals surface area contributed by atoms with E-state index in [0.717, 1.165) is 27.4 Å². The number of thioether (sulfide) groups is 2. The monoisotopic (exact) mass is 403 g/mol. The minimum Gasteiger partial charge on any atom is -0.354 e. The maximum atomic E-state index is 12.4. The standard InChI is InChI=1S/C17H17N5O3S2/c1-21-7-5-20-16(21)26-11-14(23)19-6-8-22-15(24)13(27-17(22)25)9-12-3-2-4-18-10-12/h2-5,7,9-10H,6,8,11H2,1H3,(H,19,23). The Morgan fingerprint density at radius 1 is 1.37 bits per heavy atom. The molecule has 0 aliphatic carbocycles. The normalized spacial score (nSPS) is 15.6. The Morgan fingerprint density at radius 2 is 2.22 bits per heavy atom. The van der Waals surface area contributed by atoms with Crippen LogP contribution in [0.25, 0.3) is 6.08 Å². The van der Waals surface area contributed by atoms with Crippen molar-refractivity contribution in [2.75, 3.05) is 18.8 Å². The molecule has 0 unspecified atom stereocenters. The second-order valence-electron chi connectivity index (χ2n) is 5.58. The van der Waals surface area contributed by atoms with Crippen molar-refractivity contribution in [3.8, 4) is 0 Å². The Bertz CT molecular complexity index is 882. The summed E-state index contributed by atoms with van der Waals surface area (Å²) in [6, 6.07) is 3.56. The van der Waals surface area contributed by atoms with Crippen LogP contribution in [-0.2, 0) is 16.6 Å². The van der Waals surface area contributed by atoms with Gasteiger partial charge in [0, 0.05) is 44.9 Å². The van der Waals surface area contributed by atoms with Crippen molar-refractivity contribution in [2.45, 2.75) is 5.16 Å². The Hall–Kier alpha value is -2.59. The fourth-order valence-electron chi connectivity index (χ4n) is 2.28. The Balaban J connectivity index is 1.47. The van der Waals surface area contributed by atoms with E-state index in [0.29, 0.717) is 4.91 Å².